The second-order valence-electron chi connectivity index (χ2n) is 7.31. The predicted octanol–water partition coefficient (Wildman–Crippen LogP) is 3.45. The van der Waals surface area contributed by atoms with E-state index in [-0.39, 0.29) is 28.8 Å². The number of amides is 3. The zero-order valence-electron chi connectivity index (χ0n) is 14.4. The maximum atomic E-state index is 13.5. The van der Waals surface area contributed by atoms with Gasteiger partial charge in [0.25, 0.3) is 5.24 Å². The van der Waals surface area contributed by atoms with Crippen LogP contribution in [0.15, 0.2) is 24.3 Å². The van der Waals surface area contributed by atoms with Crippen LogP contribution < -0.4 is 0 Å². The Kier molecular flexibility index (Phi) is 4.73. The molecule has 0 radical (unpaired) electrons. The number of likely N-dealkylation sites (tertiary alicyclic amines) is 1. The first kappa shape index (κ1) is 17.9. The summed E-state index contributed by atoms with van der Waals surface area (Å²) < 4.78 is 0. The van der Waals surface area contributed by atoms with E-state index in [4.69, 9.17) is 11.6 Å². The van der Waals surface area contributed by atoms with Crippen molar-refractivity contribution in [2.45, 2.75) is 43.6 Å². The Morgan fingerprint density at radius 1 is 1.15 bits per heavy atom. The lowest BCUT2D eigenvalue weighted by molar-refractivity contribution is -0.137. The van der Waals surface area contributed by atoms with Crippen LogP contribution >= 0.6 is 23.4 Å². The first-order valence-electron chi connectivity index (χ1n) is 9.05. The van der Waals surface area contributed by atoms with Crippen molar-refractivity contribution in [1.29, 1.82) is 0 Å². The summed E-state index contributed by atoms with van der Waals surface area (Å²) in [7, 11) is 0. The molecule has 1 atom stereocenters. The topological polar surface area (TPSA) is 57.7 Å². The summed E-state index contributed by atoms with van der Waals surface area (Å²) in [5.74, 6) is 0.219. The van der Waals surface area contributed by atoms with Gasteiger partial charge in [0.05, 0.1) is 17.2 Å². The molecule has 3 amide bonds. The van der Waals surface area contributed by atoms with Gasteiger partial charge in [-0.15, -0.1) is 0 Å². The molecular formula is C19H21ClN2O3S. The summed E-state index contributed by atoms with van der Waals surface area (Å²) in [4.78, 5) is 40.7. The highest BCUT2D eigenvalue weighted by atomic mass is 35.5. The largest absolute Gasteiger partial charge is 0.340 e. The van der Waals surface area contributed by atoms with Crippen molar-refractivity contribution in [1.82, 2.24) is 9.80 Å². The minimum Gasteiger partial charge on any atom is -0.340 e. The lowest BCUT2D eigenvalue weighted by Crippen LogP contribution is -2.47. The zero-order valence-corrected chi connectivity index (χ0v) is 16.0. The second-order valence-corrected chi connectivity index (χ2v) is 8.67. The summed E-state index contributed by atoms with van der Waals surface area (Å²) in [5.41, 5.74) is 0.532. The number of imide groups is 1. The number of carbonyl (C=O) groups is 3. The Morgan fingerprint density at radius 2 is 1.85 bits per heavy atom. The van der Waals surface area contributed by atoms with Crippen LogP contribution in [0.5, 0.6) is 0 Å². The second kappa shape index (κ2) is 6.89. The third-order valence-corrected chi connectivity index (χ3v) is 6.95. The lowest BCUT2D eigenvalue weighted by Gasteiger charge is -2.33. The summed E-state index contributed by atoms with van der Waals surface area (Å²) in [6.45, 7) is 1.05. The van der Waals surface area contributed by atoms with Crippen LogP contribution in [0.2, 0.25) is 5.02 Å². The first-order chi connectivity index (χ1) is 12.5. The minimum atomic E-state index is -0.493. The standard InChI is InChI=1S/C19H21ClN2O3S/c20-14-5-3-13(4-6-14)19(8-1-2-9-19)17(24)21-10-7-15(11-21)22-16(23)12-26-18(22)25/h3-6,15H,1-2,7-12H2/t15-/m1/s1. The van der Waals surface area contributed by atoms with Gasteiger partial charge in [0.1, 0.15) is 0 Å². The molecule has 2 aliphatic heterocycles. The van der Waals surface area contributed by atoms with Crippen LogP contribution in [0.4, 0.5) is 4.79 Å². The predicted molar refractivity (Wildman–Crippen MR) is 101 cm³/mol. The molecule has 0 N–H and O–H groups in total. The fourth-order valence-corrected chi connectivity index (χ4v) is 5.43. The number of hydrogen-bond acceptors (Lipinski definition) is 4. The normalized spacial score (nSPS) is 25.3. The van der Waals surface area contributed by atoms with Gasteiger partial charge in [-0.1, -0.05) is 48.3 Å². The highest BCUT2D eigenvalue weighted by Gasteiger charge is 2.48. The molecule has 0 aromatic heterocycles. The summed E-state index contributed by atoms with van der Waals surface area (Å²) in [6.07, 6.45) is 4.41. The molecule has 3 aliphatic rings. The van der Waals surface area contributed by atoms with Crippen molar-refractivity contribution in [3.05, 3.63) is 34.9 Å². The van der Waals surface area contributed by atoms with Crippen molar-refractivity contribution in [2.24, 2.45) is 0 Å². The van der Waals surface area contributed by atoms with Crippen molar-refractivity contribution >= 4 is 40.4 Å². The van der Waals surface area contributed by atoms with E-state index in [1.165, 1.54) is 4.90 Å². The van der Waals surface area contributed by atoms with Crippen molar-refractivity contribution < 1.29 is 14.4 Å². The van der Waals surface area contributed by atoms with Gasteiger partial charge in [-0.25, -0.2) is 0 Å². The Morgan fingerprint density at radius 3 is 2.46 bits per heavy atom. The average molecular weight is 393 g/mol. The summed E-state index contributed by atoms with van der Waals surface area (Å²) in [6, 6.07) is 7.43. The third-order valence-electron chi connectivity index (χ3n) is 5.86. The molecule has 7 heteroatoms. The number of thioether (sulfide) groups is 1. The maximum absolute atomic E-state index is 13.5. The van der Waals surface area contributed by atoms with Gasteiger partial charge in [0.15, 0.2) is 0 Å². The molecule has 138 valence electrons. The Hall–Kier alpha value is -1.53. The molecule has 0 bridgehead atoms. The quantitative estimate of drug-likeness (QED) is 0.790. The Balaban J connectivity index is 1.55. The van der Waals surface area contributed by atoms with E-state index in [9.17, 15) is 14.4 Å². The van der Waals surface area contributed by atoms with Gasteiger partial charge >= 0.3 is 0 Å². The van der Waals surface area contributed by atoms with Gasteiger partial charge in [-0.05, 0) is 37.0 Å². The third kappa shape index (κ3) is 2.93. The van der Waals surface area contributed by atoms with Gasteiger partial charge in [0.2, 0.25) is 11.8 Å². The van der Waals surface area contributed by atoms with Gasteiger partial charge in [0, 0.05) is 18.1 Å². The summed E-state index contributed by atoms with van der Waals surface area (Å²) >= 11 is 7.08. The molecule has 2 saturated heterocycles. The number of halogens is 1. The van der Waals surface area contributed by atoms with Crippen molar-refractivity contribution in [3.8, 4) is 0 Å². The molecule has 1 aromatic rings. The zero-order chi connectivity index (χ0) is 18.3. The molecule has 2 heterocycles. The van der Waals surface area contributed by atoms with Crippen molar-refractivity contribution in [2.75, 3.05) is 18.8 Å². The van der Waals surface area contributed by atoms with Gasteiger partial charge in [-0.2, -0.15) is 0 Å². The number of nitrogens with zero attached hydrogens (tertiary/aromatic N) is 2. The molecule has 4 rings (SSSR count). The molecular weight excluding hydrogens is 372 g/mol. The maximum Gasteiger partial charge on any atom is 0.289 e. The molecule has 1 saturated carbocycles. The Bertz CT molecular complexity index is 730. The average Bonchev–Trinajstić information content (AvgIpc) is 3.36. The fraction of sp³-hybridized carbons (Fsp3) is 0.526. The van der Waals surface area contributed by atoms with E-state index < -0.39 is 5.41 Å². The van der Waals surface area contributed by atoms with Gasteiger partial charge < -0.3 is 4.90 Å². The Labute approximate surface area is 162 Å². The van der Waals surface area contributed by atoms with E-state index in [1.54, 1.807) is 0 Å². The van der Waals surface area contributed by atoms with Crippen LogP contribution in [0.3, 0.4) is 0 Å². The van der Waals surface area contributed by atoms with Crippen LogP contribution in [-0.2, 0) is 15.0 Å². The van der Waals surface area contributed by atoms with E-state index in [2.05, 4.69) is 0 Å². The van der Waals surface area contributed by atoms with Crippen molar-refractivity contribution in [3.63, 3.8) is 0 Å². The van der Waals surface area contributed by atoms with Crippen LogP contribution in [-0.4, -0.2) is 51.7 Å². The molecule has 3 fully saturated rings. The highest BCUT2D eigenvalue weighted by molar-refractivity contribution is 8.14. The van der Waals surface area contributed by atoms with E-state index in [0.717, 1.165) is 43.0 Å². The highest BCUT2D eigenvalue weighted by Crippen LogP contribution is 2.43. The van der Waals surface area contributed by atoms with Crippen LogP contribution in [0, 0.1) is 0 Å². The smallest absolute Gasteiger partial charge is 0.289 e. The van der Waals surface area contributed by atoms with E-state index in [1.807, 2.05) is 29.2 Å². The monoisotopic (exact) mass is 392 g/mol. The van der Waals surface area contributed by atoms with E-state index in [0.29, 0.717) is 24.5 Å². The van der Waals surface area contributed by atoms with E-state index >= 15 is 0 Å². The number of carbonyl (C=O) groups excluding carboxylic acids is 3. The van der Waals surface area contributed by atoms with Gasteiger partial charge in [-0.3, -0.25) is 19.3 Å². The summed E-state index contributed by atoms with van der Waals surface area (Å²) in [5, 5.41) is 0.488. The molecule has 5 nitrogen and oxygen atoms in total. The molecule has 1 aromatic carbocycles. The molecule has 1 aliphatic carbocycles. The number of hydrogen-bond donors (Lipinski definition) is 0. The molecule has 0 spiro atoms. The SMILES string of the molecule is O=C1CSC(=O)N1[C@@H]1CCN(C(=O)C2(c3ccc(Cl)cc3)CCCC2)C1. The number of benzene rings is 1. The molecule has 0 unspecified atom stereocenters. The first-order valence-corrected chi connectivity index (χ1v) is 10.4. The minimum absolute atomic E-state index is 0.131. The number of rotatable bonds is 3. The van der Waals surface area contributed by atoms with Crippen LogP contribution in [0.1, 0.15) is 37.7 Å². The molecule has 26 heavy (non-hydrogen) atoms. The van der Waals surface area contributed by atoms with Crippen LogP contribution in [0.25, 0.3) is 0 Å². The fourth-order valence-electron chi connectivity index (χ4n) is 4.53. The lowest BCUT2D eigenvalue weighted by atomic mass is 9.77.